The van der Waals surface area contributed by atoms with E-state index in [0.29, 0.717) is 23.9 Å². The molecule has 0 aliphatic rings. The van der Waals surface area contributed by atoms with Crippen LogP contribution in [0, 0.1) is 0 Å². The molecule has 0 aliphatic carbocycles. The predicted octanol–water partition coefficient (Wildman–Crippen LogP) is 2.27. The molecule has 0 aliphatic heterocycles. The van der Waals surface area contributed by atoms with Crippen LogP contribution in [0.3, 0.4) is 0 Å². The number of aromatic nitrogens is 2. The molecule has 1 heterocycles. The Balaban J connectivity index is 2.26. The van der Waals surface area contributed by atoms with E-state index in [1.54, 1.807) is 14.0 Å². The molecule has 0 saturated heterocycles. The van der Waals surface area contributed by atoms with Gasteiger partial charge in [-0.15, -0.1) is 0 Å². The minimum absolute atomic E-state index is 0.0743. The van der Waals surface area contributed by atoms with E-state index in [1.165, 1.54) is 0 Å². The molecule has 0 bridgehead atoms. The number of ketones is 1. The van der Waals surface area contributed by atoms with Crippen molar-refractivity contribution in [2.75, 3.05) is 7.11 Å². The van der Waals surface area contributed by atoms with Crippen molar-refractivity contribution in [1.82, 2.24) is 10.1 Å². The van der Waals surface area contributed by atoms with Crippen LogP contribution >= 0.6 is 0 Å². The summed E-state index contributed by atoms with van der Waals surface area (Å²) >= 11 is 0. The second kappa shape index (κ2) is 5.44. The minimum Gasteiger partial charge on any atom is -0.496 e. The molecule has 2 rings (SSSR count). The maximum Gasteiger partial charge on any atom is 0.234 e. The normalized spacial score (nSPS) is 10.3. The zero-order valence-electron chi connectivity index (χ0n) is 10.3. The van der Waals surface area contributed by atoms with Crippen molar-refractivity contribution < 1.29 is 14.1 Å². The summed E-state index contributed by atoms with van der Waals surface area (Å²) in [7, 11) is 1.58. The average molecular weight is 246 g/mol. The molecule has 1 aromatic carbocycles. The van der Waals surface area contributed by atoms with Crippen molar-refractivity contribution in [3.63, 3.8) is 0 Å². The molecule has 0 amide bonds. The van der Waals surface area contributed by atoms with Crippen LogP contribution in [0.1, 0.15) is 19.2 Å². The van der Waals surface area contributed by atoms with Gasteiger partial charge in [-0.05, 0) is 12.1 Å². The molecule has 0 atom stereocenters. The Labute approximate surface area is 105 Å². The van der Waals surface area contributed by atoms with Crippen LogP contribution < -0.4 is 4.74 Å². The van der Waals surface area contributed by atoms with Gasteiger partial charge in [-0.2, -0.15) is 4.98 Å². The molecule has 0 N–H and O–H groups in total. The van der Waals surface area contributed by atoms with Gasteiger partial charge < -0.3 is 9.26 Å². The summed E-state index contributed by atoms with van der Waals surface area (Å²) in [6, 6.07) is 7.40. The Morgan fingerprint density at radius 1 is 1.39 bits per heavy atom. The number of ether oxygens (including phenoxy) is 1. The third-order valence-electron chi connectivity index (χ3n) is 2.56. The van der Waals surface area contributed by atoms with E-state index in [-0.39, 0.29) is 12.2 Å². The van der Waals surface area contributed by atoms with Gasteiger partial charge >= 0.3 is 0 Å². The summed E-state index contributed by atoms with van der Waals surface area (Å²) in [5.74, 6) is 1.52. The van der Waals surface area contributed by atoms with Gasteiger partial charge in [-0.25, -0.2) is 0 Å². The van der Waals surface area contributed by atoms with Gasteiger partial charge in [0.25, 0.3) is 0 Å². The molecule has 0 spiro atoms. The SMILES string of the molecule is CCC(=O)Cc1nc(-c2ccccc2OC)no1. The molecule has 5 nitrogen and oxygen atoms in total. The highest BCUT2D eigenvalue weighted by atomic mass is 16.5. The number of nitrogens with zero attached hydrogens (tertiary/aromatic N) is 2. The smallest absolute Gasteiger partial charge is 0.234 e. The molecule has 0 radical (unpaired) electrons. The Morgan fingerprint density at radius 2 is 2.17 bits per heavy atom. The lowest BCUT2D eigenvalue weighted by molar-refractivity contribution is -0.118. The van der Waals surface area contributed by atoms with Crippen LogP contribution in [-0.2, 0) is 11.2 Å². The van der Waals surface area contributed by atoms with E-state index < -0.39 is 0 Å². The van der Waals surface area contributed by atoms with Crippen molar-refractivity contribution >= 4 is 5.78 Å². The standard InChI is InChI=1S/C13H14N2O3/c1-3-9(16)8-12-14-13(15-18-12)10-6-4-5-7-11(10)17-2/h4-7H,3,8H2,1-2H3. The molecule has 5 heteroatoms. The number of hydrogen-bond acceptors (Lipinski definition) is 5. The Hall–Kier alpha value is -2.17. The van der Waals surface area contributed by atoms with E-state index in [9.17, 15) is 4.79 Å². The second-order valence-electron chi connectivity index (χ2n) is 3.78. The lowest BCUT2D eigenvalue weighted by Crippen LogP contribution is -2.00. The second-order valence-corrected chi connectivity index (χ2v) is 3.78. The summed E-state index contributed by atoms with van der Waals surface area (Å²) < 4.78 is 10.3. The third kappa shape index (κ3) is 2.56. The van der Waals surface area contributed by atoms with Crippen LogP contribution in [-0.4, -0.2) is 23.0 Å². The first-order valence-electron chi connectivity index (χ1n) is 5.72. The molecule has 0 fully saturated rings. The molecular formula is C13H14N2O3. The van der Waals surface area contributed by atoms with E-state index in [4.69, 9.17) is 9.26 Å². The first-order chi connectivity index (χ1) is 8.74. The minimum atomic E-state index is 0.0743. The maximum absolute atomic E-state index is 11.3. The van der Waals surface area contributed by atoms with Crippen molar-refractivity contribution in [3.8, 4) is 17.1 Å². The van der Waals surface area contributed by atoms with Gasteiger partial charge in [-0.3, -0.25) is 4.79 Å². The van der Waals surface area contributed by atoms with Crippen molar-refractivity contribution in [1.29, 1.82) is 0 Å². The van der Waals surface area contributed by atoms with Crippen LogP contribution in [0.2, 0.25) is 0 Å². The average Bonchev–Trinajstić information content (AvgIpc) is 2.86. The van der Waals surface area contributed by atoms with Crippen LogP contribution in [0.15, 0.2) is 28.8 Å². The quantitative estimate of drug-likeness (QED) is 0.809. The molecule has 94 valence electrons. The lowest BCUT2D eigenvalue weighted by atomic mass is 10.2. The van der Waals surface area contributed by atoms with Crippen LogP contribution in [0.5, 0.6) is 5.75 Å². The van der Waals surface area contributed by atoms with Gasteiger partial charge in [0.05, 0.1) is 19.1 Å². The topological polar surface area (TPSA) is 65.2 Å². The Bertz CT molecular complexity index is 549. The fourth-order valence-corrected chi connectivity index (χ4v) is 1.56. The highest BCUT2D eigenvalue weighted by Gasteiger charge is 2.14. The number of carbonyl (C=O) groups excluding carboxylic acids is 1. The molecular weight excluding hydrogens is 232 g/mol. The van der Waals surface area contributed by atoms with Gasteiger partial charge in [0.2, 0.25) is 11.7 Å². The highest BCUT2D eigenvalue weighted by Crippen LogP contribution is 2.27. The summed E-state index contributed by atoms with van der Waals surface area (Å²) in [4.78, 5) is 15.5. The van der Waals surface area contributed by atoms with Crippen LogP contribution in [0.4, 0.5) is 0 Å². The van der Waals surface area contributed by atoms with E-state index >= 15 is 0 Å². The van der Waals surface area contributed by atoms with Gasteiger partial charge in [0.1, 0.15) is 11.5 Å². The summed E-state index contributed by atoms with van der Waals surface area (Å²) in [6.07, 6.45) is 0.644. The monoisotopic (exact) mass is 246 g/mol. The third-order valence-corrected chi connectivity index (χ3v) is 2.56. The lowest BCUT2D eigenvalue weighted by Gasteiger charge is -2.02. The van der Waals surface area contributed by atoms with Crippen LogP contribution in [0.25, 0.3) is 11.4 Å². The number of carbonyl (C=O) groups is 1. The summed E-state index contributed by atoms with van der Waals surface area (Å²) in [5.41, 5.74) is 0.749. The number of Topliss-reactive ketones (excluding diaryl/α,β-unsaturated/α-hetero) is 1. The first kappa shape index (κ1) is 12.3. The summed E-state index contributed by atoms with van der Waals surface area (Å²) in [5, 5.41) is 3.86. The van der Waals surface area contributed by atoms with E-state index in [2.05, 4.69) is 10.1 Å². The van der Waals surface area contributed by atoms with Gasteiger partial charge in [0, 0.05) is 6.42 Å². The zero-order chi connectivity index (χ0) is 13.0. The fraction of sp³-hybridized carbons (Fsp3) is 0.308. The first-order valence-corrected chi connectivity index (χ1v) is 5.72. The Morgan fingerprint density at radius 3 is 2.89 bits per heavy atom. The predicted molar refractivity (Wildman–Crippen MR) is 65.3 cm³/mol. The molecule has 1 aromatic heterocycles. The highest BCUT2D eigenvalue weighted by molar-refractivity contribution is 5.79. The number of para-hydroxylation sites is 1. The van der Waals surface area contributed by atoms with Crippen molar-refractivity contribution in [2.45, 2.75) is 19.8 Å². The van der Waals surface area contributed by atoms with E-state index in [0.717, 1.165) is 5.56 Å². The molecule has 0 saturated carbocycles. The number of benzene rings is 1. The Kier molecular flexibility index (Phi) is 3.72. The number of methoxy groups -OCH3 is 1. The number of hydrogen-bond donors (Lipinski definition) is 0. The number of rotatable bonds is 5. The van der Waals surface area contributed by atoms with Gasteiger partial charge in [-0.1, -0.05) is 24.2 Å². The zero-order valence-corrected chi connectivity index (χ0v) is 10.3. The van der Waals surface area contributed by atoms with Crippen molar-refractivity contribution in [2.24, 2.45) is 0 Å². The van der Waals surface area contributed by atoms with Gasteiger partial charge in [0.15, 0.2) is 0 Å². The maximum atomic E-state index is 11.3. The molecule has 0 unspecified atom stereocenters. The molecule has 2 aromatic rings. The molecule has 18 heavy (non-hydrogen) atoms. The largest absolute Gasteiger partial charge is 0.496 e. The fourth-order valence-electron chi connectivity index (χ4n) is 1.56. The summed E-state index contributed by atoms with van der Waals surface area (Å²) in [6.45, 7) is 1.81. The van der Waals surface area contributed by atoms with E-state index in [1.807, 2.05) is 24.3 Å². The van der Waals surface area contributed by atoms with Crippen molar-refractivity contribution in [3.05, 3.63) is 30.2 Å².